The number of benzene rings is 3. The smallest absolute Gasteiger partial charge is 0.305 e. The number of rotatable bonds is 6. The van der Waals surface area contributed by atoms with Gasteiger partial charge in [0.05, 0.1) is 22.5 Å². The Hall–Kier alpha value is -4.15. The van der Waals surface area contributed by atoms with Crippen molar-refractivity contribution in [3.05, 3.63) is 105 Å². The number of hydrogen-bond donors (Lipinski definition) is 2. The zero-order chi connectivity index (χ0) is 30.1. The van der Waals surface area contributed by atoms with E-state index in [4.69, 9.17) is 4.74 Å². The molecule has 1 aromatic heterocycles. The van der Waals surface area contributed by atoms with Crippen molar-refractivity contribution < 1.29 is 19.1 Å². The minimum atomic E-state index is -0.389. The Bertz CT molecular complexity index is 1850. The monoisotopic (exact) mass is 623 g/mol. The van der Waals surface area contributed by atoms with Gasteiger partial charge < -0.3 is 15.0 Å². The third kappa shape index (κ3) is 4.26. The molecule has 8 nitrogen and oxygen atoms in total. The van der Waals surface area contributed by atoms with Crippen molar-refractivity contribution in [2.75, 3.05) is 16.8 Å². The summed E-state index contributed by atoms with van der Waals surface area (Å²) in [7, 11) is 0. The fourth-order valence-electron chi connectivity index (χ4n) is 8.04. The van der Waals surface area contributed by atoms with E-state index in [0.29, 0.717) is 17.1 Å². The standard InChI is InChI=1S/C34H29N3O5S2/c1-17-11-13-19(14-12-17)37-32(39)27-21-15-22(28(27)33(37)40)29-26(21)25(30-31(43-29)36-34(41)44-30)20-9-5-6-10-23(20)42-16-24(38)35-18-7-3-2-4-8-18/h2-14,21-22,25-29H,15-16H2,1H3,(H,35,38)(H,36,41)/t21-,22-,25+,26-,27+,28+,29-/m1/s1. The van der Waals surface area contributed by atoms with Gasteiger partial charge in [0.2, 0.25) is 11.8 Å². The van der Waals surface area contributed by atoms with Gasteiger partial charge in [-0.25, -0.2) is 0 Å². The third-order valence-corrected chi connectivity index (χ3v) is 12.3. The number of amides is 3. The number of carbonyl (C=O) groups is 3. The van der Waals surface area contributed by atoms with Gasteiger partial charge in [0.15, 0.2) is 6.61 Å². The average Bonchev–Trinajstić information content (AvgIpc) is 3.76. The summed E-state index contributed by atoms with van der Waals surface area (Å²) in [5, 5.41) is 3.75. The van der Waals surface area contributed by atoms with E-state index in [0.717, 1.165) is 27.5 Å². The molecule has 3 heterocycles. The van der Waals surface area contributed by atoms with Crippen LogP contribution in [0.5, 0.6) is 5.75 Å². The largest absolute Gasteiger partial charge is 0.483 e. The molecular weight excluding hydrogens is 595 g/mol. The first-order chi connectivity index (χ1) is 21.4. The maximum Gasteiger partial charge on any atom is 0.305 e. The second-order valence-electron chi connectivity index (χ2n) is 12.0. The summed E-state index contributed by atoms with van der Waals surface area (Å²) in [5.41, 5.74) is 3.28. The van der Waals surface area contributed by atoms with Crippen LogP contribution in [-0.4, -0.2) is 34.6 Å². The second-order valence-corrected chi connectivity index (χ2v) is 14.3. The summed E-state index contributed by atoms with van der Waals surface area (Å²) in [4.78, 5) is 58.6. The first-order valence-electron chi connectivity index (χ1n) is 14.8. The van der Waals surface area contributed by atoms with Gasteiger partial charge in [-0.2, -0.15) is 0 Å². The van der Waals surface area contributed by atoms with Crippen LogP contribution < -0.4 is 19.8 Å². The molecule has 2 saturated carbocycles. The number of nitrogens with one attached hydrogen (secondary N) is 2. The summed E-state index contributed by atoms with van der Waals surface area (Å²) in [6.45, 7) is 1.81. The zero-order valence-corrected chi connectivity index (χ0v) is 25.4. The number of fused-ring (bicyclic) bond motifs is 9. The number of carbonyl (C=O) groups excluding carboxylic acids is 3. The highest BCUT2D eigenvalue weighted by Crippen LogP contribution is 2.69. The number of para-hydroxylation sites is 2. The molecule has 4 aromatic rings. The van der Waals surface area contributed by atoms with Crippen molar-refractivity contribution in [1.82, 2.24) is 4.98 Å². The normalized spacial score (nSPS) is 28.0. The number of anilines is 2. The highest BCUT2D eigenvalue weighted by atomic mass is 32.2. The molecule has 3 fully saturated rings. The van der Waals surface area contributed by atoms with Gasteiger partial charge in [-0.1, -0.05) is 65.4 Å². The molecule has 2 aliphatic heterocycles. The van der Waals surface area contributed by atoms with Crippen LogP contribution in [0.15, 0.2) is 88.7 Å². The number of thiazole rings is 1. The van der Waals surface area contributed by atoms with Crippen LogP contribution in [0, 0.1) is 36.5 Å². The molecule has 4 aliphatic rings. The lowest BCUT2D eigenvalue weighted by molar-refractivity contribution is -0.123. The Morgan fingerprint density at radius 3 is 2.41 bits per heavy atom. The molecule has 10 heteroatoms. The van der Waals surface area contributed by atoms with Crippen molar-refractivity contribution >= 4 is 52.2 Å². The van der Waals surface area contributed by atoms with Crippen LogP contribution in [0.1, 0.15) is 28.3 Å². The molecule has 0 unspecified atom stereocenters. The predicted octanol–water partition coefficient (Wildman–Crippen LogP) is 5.44. The molecule has 2 bridgehead atoms. The summed E-state index contributed by atoms with van der Waals surface area (Å²) >= 11 is 2.85. The Labute approximate surface area is 261 Å². The maximum absolute atomic E-state index is 14.0. The lowest BCUT2D eigenvalue weighted by atomic mass is 9.68. The highest BCUT2D eigenvalue weighted by molar-refractivity contribution is 8.00. The number of hydrogen-bond acceptors (Lipinski definition) is 7. The third-order valence-electron chi connectivity index (χ3n) is 9.69. The van der Waals surface area contributed by atoms with E-state index in [1.807, 2.05) is 85.8 Å². The zero-order valence-electron chi connectivity index (χ0n) is 23.8. The molecule has 8 rings (SSSR count). The van der Waals surface area contributed by atoms with Gasteiger partial charge in [0.25, 0.3) is 5.91 Å². The number of H-pyrrole nitrogens is 1. The van der Waals surface area contributed by atoms with Crippen LogP contribution >= 0.6 is 23.1 Å². The van der Waals surface area contributed by atoms with E-state index in [9.17, 15) is 19.2 Å². The number of aromatic amines is 1. The number of thioether (sulfide) groups is 1. The average molecular weight is 624 g/mol. The first kappa shape index (κ1) is 27.4. The fraction of sp³-hybridized carbons (Fsp3) is 0.294. The molecule has 0 radical (unpaired) electrons. The number of aromatic nitrogens is 1. The van der Waals surface area contributed by atoms with Gasteiger partial charge in [-0.3, -0.25) is 24.1 Å². The summed E-state index contributed by atoms with van der Waals surface area (Å²) in [5.74, 6) is -0.836. The molecule has 44 heavy (non-hydrogen) atoms. The van der Waals surface area contributed by atoms with Crippen molar-refractivity contribution in [2.24, 2.45) is 29.6 Å². The van der Waals surface area contributed by atoms with Crippen molar-refractivity contribution in [3.8, 4) is 5.75 Å². The van der Waals surface area contributed by atoms with Crippen molar-refractivity contribution in [1.29, 1.82) is 0 Å². The lowest BCUT2D eigenvalue weighted by Gasteiger charge is -2.43. The fourth-order valence-corrected chi connectivity index (χ4v) is 10.9. The number of aryl methyl sites for hydroxylation is 1. The molecule has 3 aromatic carbocycles. The molecule has 2 N–H and O–H groups in total. The second kappa shape index (κ2) is 10.5. The molecule has 3 amide bonds. The van der Waals surface area contributed by atoms with Gasteiger partial charge in [-0.15, -0.1) is 11.8 Å². The summed E-state index contributed by atoms with van der Waals surface area (Å²) in [6, 6.07) is 24.5. The van der Waals surface area contributed by atoms with E-state index in [1.54, 1.807) is 11.8 Å². The molecule has 2 aliphatic carbocycles. The van der Waals surface area contributed by atoms with Crippen LogP contribution in [-0.2, 0) is 14.4 Å². The number of imide groups is 1. The van der Waals surface area contributed by atoms with Crippen molar-refractivity contribution in [3.63, 3.8) is 0 Å². The Morgan fingerprint density at radius 1 is 0.932 bits per heavy atom. The van der Waals surface area contributed by atoms with E-state index in [1.165, 1.54) is 16.2 Å². The van der Waals surface area contributed by atoms with Crippen LogP contribution in [0.2, 0.25) is 0 Å². The minimum absolute atomic E-state index is 0.0146. The van der Waals surface area contributed by atoms with Crippen LogP contribution in [0.3, 0.4) is 0 Å². The molecule has 1 saturated heterocycles. The molecule has 222 valence electrons. The SMILES string of the molecule is Cc1ccc(N2C(=O)[C@H]3[C@H]4C[C@@H]([C@@H]3C2=O)[C@@H]2[C@H](c3ccccc3OCC(=O)Nc3ccccc3)c3sc(=O)[nH]c3S[C@H]42)cc1. The van der Waals surface area contributed by atoms with E-state index >= 15 is 0 Å². The quantitative estimate of drug-likeness (QED) is 0.277. The topological polar surface area (TPSA) is 109 Å². The summed E-state index contributed by atoms with van der Waals surface area (Å²) in [6.07, 6.45) is 0.801. The first-order valence-corrected chi connectivity index (χ1v) is 16.5. The molecule has 7 atom stereocenters. The Morgan fingerprint density at radius 2 is 1.64 bits per heavy atom. The van der Waals surface area contributed by atoms with Gasteiger partial charge in [0, 0.05) is 27.3 Å². The minimum Gasteiger partial charge on any atom is -0.483 e. The highest BCUT2D eigenvalue weighted by Gasteiger charge is 2.69. The Balaban J connectivity index is 1.13. The predicted molar refractivity (Wildman–Crippen MR) is 169 cm³/mol. The lowest BCUT2D eigenvalue weighted by Crippen LogP contribution is -2.42. The Kier molecular flexibility index (Phi) is 6.53. The molecular formula is C34H29N3O5S2. The van der Waals surface area contributed by atoms with Gasteiger partial charge in [-0.05, 0) is 61.4 Å². The van der Waals surface area contributed by atoms with Gasteiger partial charge >= 0.3 is 4.87 Å². The van der Waals surface area contributed by atoms with E-state index < -0.39 is 0 Å². The number of ether oxygens (including phenoxy) is 1. The maximum atomic E-state index is 14.0. The van der Waals surface area contributed by atoms with Crippen molar-refractivity contribution in [2.45, 2.75) is 29.5 Å². The van der Waals surface area contributed by atoms with E-state index in [-0.39, 0.29) is 70.0 Å². The van der Waals surface area contributed by atoms with Crippen LogP contribution in [0.25, 0.3) is 0 Å². The molecule has 0 spiro atoms. The van der Waals surface area contributed by atoms with Crippen LogP contribution in [0.4, 0.5) is 11.4 Å². The number of nitrogens with zero attached hydrogens (tertiary/aromatic N) is 1. The van der Waals surface area contributed by atoms with E-state index in [2.05, 4.69) is 10.3 Å². The van der Waals surface area contributed by atoms with Gasteiger partial charge in [0.1, 0.15) is 5.75 Å². The summed E-state index contributed by atoms with van der Waals surface area (Å²) < 4.78 is 6.15.